The average Bonchev–Trinajstić information content (AvgIpc) is 3.38. The minimum atomic E-state index is -0.213. The van der Waals surface area contributed by atoms with Gasteiger partial charge in [0.2, 0.25) is 0 Å². The van der Waals surface area contributed by atoms with Crippen LogP contribution in [0.4, 0.5) is 4.79 Å². The quantitative estimate of drug-likeness (QED) is 0.722. The van der Waals surface area contributed by atoms with E-state index in [-0.39, 0.29) is 18.0 Å². The summed E-state index contributed by atoms with van der Waals surface area (Å²) in [6, 6.07) is 9.57. The Morgan fingerprint density at radius 2 is 2.14 bits per heavy atom. The van der Waals surface area contributed by atoms with Crippen LogP contribution in [0.5, 0.6) is 0 Å². The van der Waals surface area contributed by atoms with Gasteiger partial charge >= 0.3 is 6.03 Å². The van der Waals surface area contributed by atoms with E-state index in [1.807, 2.05) is 53.8 Å². The number of carbonyl (C=O) groups excluding carboxylic acids is 1. The number of piperidine rings is 1. The highest BCUT2D eigenvalue weighted by molar-refractivity contribution is 5.74. The van der Waals surface area contributed by atoms with Gasteiger partial charge in [0.25, 0.3) is 0 Å². The number of aryl methyl sites for hydroxylation is 1. The standard InChI is InChI=1S/C19H24N8O/c1-13(18-25-20-12-26(18)2)21-19(28)27-10-6-9-15(11-27)17-22-16(23-24-17)14-7-4-3-5-8-14/h3-5,7-8,12-13,15H,6,9-11H2,1-2H3,(H,21,28)(H,22,23,24)/t13-,15-/m1/s1. The highest BCUT2D eigenvalue weighted by Crippen LogP contribution is 2.26. The normalized spacial score (nSPS) is 18.1. The van der Waals surface area contributed by atoms with Crippen LogP contribution in [0.15, 0.2) is 36.7 Å². The number of nitrogens with zero attached hydrogens (tertiary/aromatic N) is 6. The van der Waals surface area contributed by atoms with Gasteiger partial charge in [-0.25, -0.2) is 9.78 Å². The molecule has 0 saturated carbocycles. The summed E-state index contributed by atoms with van der Waals surface area (Å²) in [6.07, 6.45) is 3.53. The van der Waals surface area contributed by atoms with E-state index in [2.05, 4.69) is 30.7 Å². The zero-order valence-corrected chi connectivity index (χ0v) is 16.0. The molecule has 4 rings (SSSR count). The van der Waals surface area contributed by atoms with Crippen molar-refractivity contribution in [2.45, 2.75) is 31.7 Å². The van der Waals surface area contributed by atoms with Crippen molar-refractivity contribution < 1.29 is 4.79 Å². The molecule has 3 aromatic rings. The van der Waals surface area contributed by atoms with Crippen molar-refractivity contribution in [1.29, 1.82) is 0 Å². The van der Waals surface area contributed by atoms with Crippen LogP contribution in [0.2, 0.25) is 0 Å². The summed E-state index contributed by atoms with van der Waals surface area (Å²) in [5, 5.41) is 18.4. The molecule has 2 amide bonds. The Balaban J connectivity index is 1.41. The van der Waals surface area contributed by atoms with Crippen LogP contribution >= 0.6 is 0 Å². The molecule has 1 fully saturated rings. The first-order valence-corrected chi connectivity index (χ1v) is 9.49. The zero-order chi connectivity index (χ0) is 19.5. The molecule has 1 saturated heterocycles. The van der Waals surface area contributed by atoms with E-state index in [4.69, 9.17) is 0 Å². The van der Waals surface area contributed by atoms with Gasteiger partial charge in [0.05, 0.1) is 6.04 Å². The van der Waals surface area contributed by atoms with Crippen LogP contribution < -0.4 is 5.32 Å². The number of urea groups is 1. The van der Waals surface area contributed by atoms with E-state index in [0.717, 1.165) is 36.6 Å². The number of hydrogen-bond donors (Lipinski definition) is 2. The van der Waals surface area contributed by atoms with Crippen molar-refractivity contribution in [2.75, 3.05) is 13.1 Å². The smallest absolute Gasteiger partial charge is 0.317 e. The average molecular weight is 380 g/mol. The van der Waals surface area contributed by atoms with Gasteiger partial charge in [0, 0.05) is 31.6 Å². The number of aromatic amines is 1. The molecule has 1 aliphatic heterocycles. The molecule has 146 valence electrons. The van der Waals surface area contributed by atoms with E-state index in [1.54, 1.807) is 6.33 Å². The summed E-state index contributed by atoms with van der Waals surface area (Å²) in [5.41, 5.74) is 0.980. The van der Waals surface area contributed by atoms with Gasteiger partial charge in [-0.15, -0.1) is 10.2 Å². The minimum Gasteiger partial charge on any atom is -0.328 e. The van der Waals surface area contributed by atoms with E-state index < -0.39 is 0 Å². The third-order valence-corrected chi connectivity index (χ3v) is 5.10. The maximum atomic E-state index is 12.7. The lowest BCUT2D eigenvalue weighted by molar-refractivity contribution is 0.175. The molecule has 2 atom stereocenters. The van der Waals surface area contributed by atoms with E-state index in [9.17, 15) is 4.79 Å². The van der Waals surface area contributed by atoms with E-state index >= 15 is 0 Å². The Morgan fingerprint density at radius 1 is 1.32 bits per heavy atom. The molecule has 2 aromatic heterocycles. The second-order valence-electron chi connectivity index (χ2n) is 7.17. The first-order chi connectivity index (χ1) is 13.6. The van der Waals surface area contributed by atoms with Crippen molar-refractivity contribution in [3.8, 4) is 11.4 Å². The molecule has 0 bridgehead atoms. The molecule has 2 N–H and O–H groups in total. The van der Waals surface area contributed by atoms with Crippen molar-refractivity contribution in [3.63, 3.8) is 0 Å². The van der Waals surface area contributed by atoms with Crippen LogP contribution in [-0.4, -0.2) is 54.0 Å². The third kappa shape index (κ3) is 3.73. The van der Waals surface area contributed by atoms with E-state index in [0.29, 0.717) is 12.4 Å². The summed E-state index contributed by atoms with van der Waals surface area (Å²) in [7, 11) is 1.86. The molecule has 1 aliphatic rings. The van der Waals surface area contributed by atoms with Crippen LogP contribution in [-0.2, 0) is 7.05 Å². The molecular formula is C19H24N8O. The number of H-pyrrole nitrogens is 1. The van der Waals surface area contributed by atoms with Gasteiger partial charge in [-0.1, -0.05) is 30.3 Å². The lowest BCUT2D eigenvalue weighted by Crippen LogP contribution is -2.46. The van der Waals surface area contributed by atoms with Gasteiger partial charge in [-0.2, -0.15) is 5.10 Å². The van der Waals surface area contributed by atoms with Crippen LogP contribution in [0, 0.1) is 0 Å². The number of aromatic nitrogens is 6. The van der Waals surface area contributed by atoms with Crippen molar-refractivity contribution in [2.24, 2.45) is 7.05 Å². The predicted octanol–water partition coefficient (Wildman–Crippen LogP) is 2.25. The fourth-order valence-electron chi connectivity index (χ4n) is 3.58. The Hall–Kier alpha value is -3.23. The number of likely N-dealkylation sites (tertiary alicyclic amines) is 1. The van der Waals surface area contributed by atoms with Crippen molar-refractivity contribution >= 4 is 6.03 Å². The number of hydrogen-bond acceptors (Lipinski definition) is 5. The highest BCUT2D eigenvalue weighted by Gasteiger charge is 2.28. The Bertz CT molecular complexity index is 934. The zero-order valence-electron chi connectivity index (χ0n) is 16.0. The summed E-state index contributed by atoms with van der Waals surface area (Å²) >= 11 is 0. The summed E-state index contributed by atoms with van der Waals surface area (Å²) in [5.74, 6) is 2.39. The topological polar surface area (TPSA) is 105 Å². The van der Waals surface area contributed by atoms with E-state index in [1.165, 1.54) is 0 Å². The van der Waals surface area contributed by atoms with Crippen LogP contribution in [0.1, 0.15) is 43.4 Å². The number of nitrogens with one attached hydrogen (secondary N) is 2. The minimum absolute atomic E-state index is 0.0944. The monoisotopic (exact) mass is 380 g/mol. The fraction of sp³-hybridized carbons (Fsp3) is 0.421. The maximum Gasteiger partial charge on any atom is 0.317 e. The highest BCUT2D eigenvalue weighted by atomic mass is 16.2. The number of carbonyl (C=O) groups is 1. The molecule has 0 spiro atoms. The Labute approximate surface area is 163 Å². The molecule has 28 heavy (non-hydrogen) atoms. The summed E-state index contributed by atoms with van der Waals surface area (Å²) < 4.78 is 1.81. The van der Waals surface area contributed by atoms with Gasteiger partial charge in [0.1, 0.15) is 12.2 Å². The molecule has 0 unspecified atom stereocenters. The largest absolute Gasteiger partial charge is 0.328 e. The third-order valence-electron chi connectivity index (χ3n) is 5.10. The van der Waals surface area contributed by atoms with Crippen LogP contribution in [0.3, 0.4) is 0 Å². The molecule has 9 heteroatoms. The van der Waals surface area contributed by atoms with Crippen LogP contribution in [0.25, 0.3) is 11.4 Å². The predicted molar refractivity (Wildman–Crippen MR) is 103 cm³/mol. The van der Waals surface area contributed by atoms with Gasteiger partial charge in [-0.3, -0.25) is 5.10 Å². The number of rotatable bonds is 4. The summed E-state index contributed by atoms with van der Waals surface area (Å²) in [6.45, 7) is 3.25. The summed E-state index contributed by atoms with van der Waals surface area (Å²) in [4.78, 5) is 19.2. The van der Waals surface area contributed by atoms with Crippen molar-refractivity contribution in [3.05, 3.63) is 48.3 Å². The second-order valence-corrected chi connectivity index (χ2v) is 7.17. The Morgan fingerprint density at radius 3 is 2.89 bits per heavy atom. The first-order valence-electron chi connectivity index (χ1n) is 9.49. The molecule has 0 aliphatic carbocycles. The maximum absolute atomic E-state index is 12.7. The SMILES string of the molecule is C[C@@H](NC(=O)N1CCC[C@@H](c2nc(-c3ccccc3)n[nH]2)C1)c1nncn1C. The molecular weight excluding hydrogens is 356 g/mol. The Kier molecular flexibility index (Phi) is 5.05. The molecule has 9 nitrogen and oxygen atoms in total. The first kappa shape index (κ1) is 18.1. The van der Waals surface area contributed by atoms with Gasteiger partial charge in [0.15, 0.2) is 11.6 Å². The molecule has 3 heterocycles. The van der Waals surface area contributed by atoms with Gasteiger partial charge in [-0.05, 0) is 19.8 Å². The second kappa shape index (κ2) is 7.79. The lowest BCUT2D eigenvalue weighted by Gasteiger charge is -2.32. The lowest BCUT2D eigenvalue weighted by atomic mass is 9.97. The van der Waals surface area contributed by atoms with Crippen molar-refractivity contribution in [1.82, 2.24) is 40.2 Å². The number of amides is 2. The van der Waals surface area contributed by atoms with Gasteiger partial charge < -0.3 is 14.8 Å². The molecule has 1 aromatic carbocycles. The fourth-order valence-corrected chi connectivity index (χ4v) is 3.58. The number of benzene rings is 1. The molecule has 0 radical (unpaired) electrons.